The van der Waals surface area contributed by atoms with Crippen LogP contribution >= 0.6 is 0 Å². The lowest BCUT2D eigenvalue weighted by atomic mass is 10.1. The van der Waals surface area contributed by atoms with E-state index >= 15 is 0 Å². The molecular formula is C18H22N2O4. The van der Waals surface area contributed by atoms with Gasteiger partial charge in [0.05, 0.1) is 6.26 Å². The molecule has 0 spiro atoms. The monoisotopic (exact) mass is 330 g/mol. The molecule has 1 aromatic heterocycles. The van der Waals surface area contributed by atoms with Crippen molar-refractivity contribution >= 4 is 17.5 Å². The summed E-state index contributed by atoms with van der Waals surface area (Å²) < 4.78 is 5.11. The topological polar surface area (TPSA) is 91.6 Å². The fraction of sp³-hybridized carbons (Fsp3) is 0.333. The Bertz CT molecular complexity index is 690. The maximum Gasteiger partial charge on any atom is 0.313 e. The molecule has 0 saturated carbocycles. The van der Waals surface area contributed by atoms with Crippen LogP contribution in [-0.2, 0) is 9.59 Å². The van der Waals surface area contributed by atoms with Crippen molar-refractivity contribution < 1.29 is 19.1 Å². The first kappa shape index (κ1) is 17.7. The molecule has 1 heterocycles. The predicted molar refractivity (Wildman–Crippen MR) is 90.4 cm³/mol. The normalized spacial score (nSPS) is 13.2. The molecule has 3 N–H and O–H groups in total. The number of carbonyl (C=O) groups is 2. The Morgan fingerprint density at radius 2 is 1.83 bits per heavy atom. The van der Waals surface area contributed by atoms with Crippen LogP contribution in [0.2, 0.25) is 0 Å². The highest BCUT2D eigenvalue weighted by molar-refractivity contribution is 6.39. The maximum atomic E-state index is 12.0. The minimum Gasteiger partial charge on any atom is -0.467 e. The highest BCUT2D eigenvalue weighted by Crippen LogP contribution is 2.18. The molecule has 2 amide bonds. The second-order valence-electron chi connectivity index (χ2n) is 5.97. The fourth-order valence-electron chi connectivity index (χ4n) is 2.51. The lowest BCUT2D eigenvalue weighted by Gasteiger charge is -2.16. The van der Waals surface area contributed by atoms with Crippen LogP contribution in [0.1, 0.15) is 36.3 Å². The maximum absolute atomic E-state index is 12.0. The summed E-state index contributed by atoms with van der Waals surface area (Å²) in [7, 11) is 0. The second-order valence-corrected chi connectivity index (χ2v) is 5.97. The third kappa shape index (κ3) is 4.96. The van der Waals surface area contributed by atoms with Crippen LogP contribution in [0.25, 0.3) is 0 Å². The second kappa shape index (κ2) is 7.79. The highest BCUT2D eigenvalue weighted by Gasteiger charge is 2.20. The molecule has 6 nitrogen and oxygen atoms in total. The quantitative estimate of drug-likeness (QED) is 0.734. The molecule has 24 heavy (non-hydrogen) atoms. The van der Waals surface area contributed by atoms with E-state index in [0.717, 1.165) is 11.1 Å². The van der Waals surface area contributed by atoms with Gasteiger partial charge in [0, 0.05) is 18.2 Å². The molecule has 0 aliphatic rings. The summed E-state index contributed by atoms with van der Waals surface area (Å²) in [4.78, 5) is 23.9. The summed E-state index contributed by atoms with van der Waals surface area (Å²) in [5, 5.41) is 15.1. The van der Waals surface area contributed by atoms with Crippen LogP contribution in [0, 0.1) is 13.8 Å². The molecule has 1 aromatic carbocycles. The van der Waals surface area contributed by atoms with Crippen LogP contribution in [0.15, 0.2) is 41.0 Å². The molecule has 2 rings (SSSR count). The van der Waals surface area contributed by atoms with Crippen molar-refractivity contribution in [3.8, 4) is 0 Å². The molecule has 128 valence electrons. The first-order chi connectivity index (χ1) is 11.3. The number of rotatable bonds is 5. The smallest absolute Gasteiger partial charge is 0.313 e. The lowest BCUT2D eigenvalue weighted by Crippen LogP contribution is -2.41. The average Bonchev–Trinajstić information content (AvgIpc) is 2.99. The Kier molecular flexibility index (Phi) is 5.76. The van der Waals surface area contributed by atoms with Gasteiger partial charge in [-0.25, -0.2) is 0 Å². The molecule has 0 aliphatic heterocycles. The van der Waals surface area contributed by atoms with E-state index in [9.17, 15) is 14.7 Å². The summed E-state index contributed by atoms with van der Waals surface area (Å²) in [5.41, 5.74) is 2.58. The van der Waals surface area contributed by atoms with E-state index in [0.29, 0.717) is 11.4 Å². The number of aliphatic hydroxyl groups is 1. The third-order valence-corrected chi connectivity index (χ3v) is 3.51. The zero-order chi connectivity index (χ0) is 17.7. The number of nitrogens with one attached hydrogen (secondary N) is 2. The van der Waals surface area contributed by atoms with E-state index in [-0.39, 0.29) is 12.5 Å². The summed E-state index contributed by atoms with van der Waals surface area (Å²) >= 11 is 0. The van der Waals surface area contributed by atoms with E-state index in [4.69, 9.17) is 4.42 Å². The summed E-state index contributed by atoms with van der Waals surface area (Å²) in [6.45, 7) is 5.55. The zero-order valence-corrected chi connectivity index (χ0v) is 14.0. The van der Waals surface area contributed by atoms with Crippen molar-refractivity contribution in [1.29, 1.82) is 0 Å². The van der Waals surface area contributed by atoms with Gasteiger partial charge in [-0.1, -0.05) is 6.07 Å². The van der Waals surface area contributed by atoms with Gasteiger partial charge in [0.15, 0.2) is 0 Å². The van der Waals surface area contributed by atoms with E-state index in [1.807, 2.05) is 19.9 Å². The minimum atomic E-state index is -0.835. The molecule has 0 bridgehead atoms. The van der Waals surface area contributed by atoms with Gasteiger partial charge in [0.1, 0.15) is 11.9 Å². The molecule has 0 aliphatic carbocycles. The first-order valence-electron chi connectivity index (χ1n) is 7.76. The average molecular weight is 330 g/mol. The Morgan fingerprint density at radius 3 is 2.42 bits per heavy atom. The summed E-state index contributed by atoms with van der Waals surface area (Å²) in [6.07, 6.45) is 0.882. The summed E-state index contributed by atoms with van der Waals surface area (Å²) in [6, 6.07) is 8.52. The van der Waals surface area contributed by atoms with Crippen LogP contribution in [0.4, 0.5) is 5.69 Å². The molecule has 6 heteroatoms. The number of anilines is 1. The third-order valence-electron chi connectivity index (χ3n) is 3.51. The van der Waals surface area contributed by atoms with Crippen LogP contribution in [0.3, 0.4) is 0 Å². The van der Waals surface area contributed by atoms with Crippen molar-refractivity contribution in [2.45, 2.75) is 39.3 Å². The van der Waals surface area contributed by atoms with E-state index in [1.165, 1.54) is 6.26 Å². The zero-order valence-electron chi connectivity index (χ0n) is 14.0. The highest BCUT2D eigenvalue weighted by atomic mass is 16.4. The Labute approximate surface area is 140 Å². The molecule has 0 radical (unpaired) electrons. The number of amides is 2. The molecule has 2 atom stereocenters. The van der Waals surface area contributed by atoms with Crippen molar-refractivity contribution in [2.75, 3.05) is 5.32 Å². The Balaban J connectivity index is 1.87. The predicted octanol–water partition coefficient (Wildman–Crippen LogP) is 2.46. The van der Waals surface area contributed by atoms with Crippen molar-refractivity contribution in [2.24, 2.45) is 0 Å². The largest absolute Gasteiger partial charge is 0.467 e. The Morgan fingerprint density at radius 1 is 1.17 bits per heavy atom. The van der Waals surface area contributed by atoms with Crippen molar-refractivity contribution in [3.63, 3.8) is 0 Å². The Hall–Kier alpha value is -2.60. The van der Waals surface area contributed by atoms with E-state index in [1.54, 1.807) is 31.2 Å². The van der Waals surface area contributed by atoms with Gasteiger partial charge < -0.3 is 20.2 Å². The van der Waals surface area contributed by atoms with Gasteiger partial charge in [-0.05, 0) is 56.2 Å². The number of furan rings is 1. The summed E-state index contributed by atoms with van der Waals surface area (Å²) in [5.74, 6) is -1.05. The molecule has 2 aromatic rings. The standard InChI is InChI=1S/C18H22N2O4/c1-11-7-12(2)9-14(8-11)20-18(23)17(22)19-13(3)10-15(21)16-5-4-6-24-16/h4-9,13,15,21H,10H2,1-3H3,(H,19,22)(H,20,23). The fourth-order valence-corrected chi connectivity index (χ4v) is 2.51. The van der Waals surface area contributed by atoms with Gasteiger partial charge in [-0.2, -0.15) is 0 Å². The molecular weight excluding hydrogens is 308 g/mol. The number of hydrogen-bond donors (Lipinski definition) is 3. The van der Waals surface area contributed by atoms with Crippen molar-refractivity contribution in [3.05, 3.63) is 53.5 Å². The van der Waals surface area contributed by atoms with Crippen LogP contribution < -0.4 is 10.6 Å². The number of aryl methyl sites for hydroxylation is 2. The number of benzene rings is 1. The van der Waals surface area contributed by atoms with Gasteiger partial charge in [0.2, 0.25) is 0 Å². The number of carbonyl (C=O) groups excluding carboxylic acids is 2. The van der Waals surface area contributed by atoms with Gasteiger partial charge in [-0.3, -0.25) is 9.59 Å². The molecule has 2 unspecified atom stereocenters. The molecule has 0 saturated heterocycles. The van der Waals surface area contributed by atoms with Crippen LogP contribution in [-0.4, -0.2) is 23.0 Å². The number of aliphatic hydroxyl groups excluding tert-OH is 1. The van der Waals surface area contributed by atoms with Crippen LogP contribution in [0.5, 0.6) is 0 Å². The minimum absolute atomic E-state index is 0.246. The molecule has 0 fully saturated rings. The van der Waals surface area contributed by atoms with Gasteiger partial charge in [0.25, 0.3) is 0 Å². The van der Waals surface area contributed by atoms with Crippen molar-refractivity contribution in [1.82, 2.24) is 5.32 Å². The SMILES string of the molecule is Cc1cc(C)cc(NC(=O)C(=O)NC(C)CC(O)c2ccco2)c1. The van der Waals surface area contributed by atoms with Gasteiger partial charge in [-0.15, -0.1) is 0 Å². The lowest BCUT2D eigenvalue weighted by molar-refractivity contribution is -0.136. The van der Waals surface area contributed by atoms with Gasteiger partial charge >= 0.3 is 11.8 Å². The van der Waals surface area contributed by atoms with E-state index < -0.39 is 17.9 Å². The first-order valence-corrected chi connectivity index (χ1v) is 7.76. The number of hydrogen-bond acceptors (Lipinski definition) is 4. The van der Waals surface area contributed by atoms with E-state index in [2.05, 4.69) is 10.6 Å².